The number of unbranched alkanes of at least 4 members (excludes halogenated alkanes) is 10. The molecular formula is C33H59NO8. The molecule has 0 aliphatic carbocycles. The third-order valence-corrected chi connectivity index (χ3v) is 7.77. The zero-order chi connectivity index (χ0) is 31.0. The zero-order valence-corrected chi connectivity index (χ0v) is 27.0. The minimum atomic E-state index is -0.568. The Labute approximate surface area is 254 Å². The van der Waals surface area contributed by atoms with Crippen LogP contribution in [-0.4, -0.2) is 67.4 Å². The van der Waals surface area contributed by atoms with Gasteiger partial charge >= 0.3 is 24.0 Å². The molecule has 9 heteroatoms. The summed E-state index contributed by atoms with van der Waals surface area (Å²) >= 11 is 0. The first-order chi connectivity index (χ1) is 20.4. The Hall–Kier alpha value is -2.32. The first-order valence-corrected chi connectivity index (χ1v) is 16.8. The predicted molar refractivity (Wildman–Crippen MR) is 163 cm³/mol. The van der Waals surface area contributed by atoms with Gasteiger partial charge in [0.2, 0.25) is 0 Å². The van der Waals surface area contributed by atoms with Gasteiger partial charge in [0, 0.05) is 25.3 Å². The third-order valence-electron chi connectivity index (χ3n) is 7.77. The second-order valence-electron chi connectivity index (χ2n) is 11.6. The van der Waals surface area contributed by atoms with Crippen LogP contribution in [0.25, 0.3) is 0 Å². The molecule has 1 amide bonds. The van der Waals surface area contributed by atoms with Crippen molar-refractivity contribution in [1.82, 2.24) is 4.90 Å². The maximum absolute atomic E-state index is 12.8. The van der Waals surface area contributed by atoms with Crippen molar-refractivity contribution in [3.63, 3.8) is 0 Å². The highest BCUT2D eigenvalue weighted by Gasteiger charge is 2.42. The molecule has 0 spiro atoms. The predicted octanol–water partition coefficient (Wildman–Crippen LogP) is 7.52. The Morgan fingerprint density at radius 3 is 1.52 bits per heavy atom. The number of amides is 1. The molecule has 1 saturated heterocycles. The third kappa shape index (κ3) is 17.0. The van der Waals surface area contributed by atoms with Crippen molar-refractivity contribution < 1.29 is 38.1 Å². The van der Waals surface area contributed by atoms with E-state index in [9.17, 15) is 19.2 Å². The molecule has 1 aliphatic rings. The van der Waals surface area contributed by atoms with Gasteiger partial charge < -0.3 is 18.9 Å². The fourth-order valence-electron chi connectivity index (χ4n) is 5.20. The number of esters is 3. The van der Waals surface area contributed by atoms with Crippen LogP contribution in [0.2, 0.25) is 0 Å². The second kappa shape index (κ2) is 24.2. The van der Waals surface area contributed by atoms with Crippen molar-refractivity contribution in [2.45, 2.75) is 155 Å². The van der Waals surface area contributed by atoms with Gasteiger partial charge in [0.15, 0.2) is 0 Å². The van der Waals surface area contributed by atoms with Gasteiger partial charge in [0.05, 0.1) is 25.9 Å². The Bertz CT molecular complexity index is 726. The summed E-state index contributed by atoms with van der Waals surface area (Å²) in [6.45, 7) is 9.39. The quantitative estimate of drug-likeness (QED) is 0.0604. The van der Waals surface area contributed by atoms with Crippen LogP contribution in [0.4, 0.5) is 4.79 Å². The number of nitrogens with zero attached hydrogens (tertiary/aromatic N) is 1. The van der Waals surface area contributed by atoms with Crippen LogP contribution >= 0.6 is 0 Å². The monoisotopic (exact) mass is 597 g/mol. The highest BCUT2D eigenvalue weighted by molar-refractivity contribution is 5.76. The number of carbonyl (C=O) groups is 4. The van der Waals surface area contributed by atoms with Crippen LogP contribution in [0.3, 0.4) is 0 Å². The van der Waals surface area contributed by atoms with E-state index < -0.39 is 23.8 Å². The fourth-order valence-corrected chi connectivity index (χ4v) is 5.20. The number of carbonyl (C=O) groups excluding carboxylic acids is 4. The molecule has 2 unspecified atom stereocenters. The molecule has 0 saturated carbocycles. The van der Waals surface area contributed by atoms with E-state index in [1.165, 1.54) is 38.5 Å². The molecule has 244 valence electrons. The summed E-state index contributed by atoms with van der Waals surface area (Å²) in [6, 6.07) is -0.153. The van der Waals surface area contributed by atoms with Crippen LogP contribution in [-0.2, 0) is 33.3 Å². The summed E-state index contributed by atoms with van der Waals surface area (Å²) in [6.07, 6.45) is 14.8. The Morgan fingerprint density at radius 1 is 0.571 bits per heavy atom. The molecular weight excluding hydrogens is 538 g/mol. The van der Waals surface area contributed by atoms with E-state index in [4.69, 9.17) is 18.9 Å². The molecule has 9 nitrogen and oxygen atoms in total. The molecule has 1 rings (SSSR count). The number of hydrogen-bond acceptors (Lipinski definition) is 8. The minimum absolute atomic E-state index is 0.0478. The van der Waals surface area contributed by atoms with Gasteiger partial charge in [-0.25, -0.2) is 4.79 Å². The van der Waals surface area contributed by atoms with E-state index in [1.54, 1.807) is 4.90 Å². The van der Waals surface area contributed by atoms with Crippen LogP contribution in [0.5, 0.6) is 0 Å². The number of rotatable bonds is 25. The largest absolute Gasteiger partial charge is 0.466 e. The van der Waals surface area contributed by atoms with E-state index in [2.05, 4.69) is 13.8 Å². The van der Waals surface area contributed by atoms with Gasteiger partial charge in [-0.05, 0) is 38.0 Å². The maximum Gasteiger partial charge on any atom is 0.410 e. The summed E-state index contributed by atoms with van der Waals surface area (Å²) in [5.41, 5.74) is 0. The first-order valence-electron chi connectivity index (χ1n) is 16.8. The highest BCUT2D eigenvalue weighted by atomic mass is 16.6. The molecule has 0 aromatic rings. The van der Waals surface area contributed by atoms with E-state index >= 15 is 0 Å². The number of likely N-dealkylation sites (tertiary alicyclic amines) is 1. The van der Waals surface area contributed by atoms with Gasteiger partial charge in [-0.1, -0.05) is 91.9 Å². The molecule has 42 heavy (non-hydrogen) atoms. The molecule has 2 atom stereocenters. The summed E-state index contributed by atoms with van der Waals surface area (Å²) in [5.74, 6) is -1.91. The topological polar surface area (TPSA) is 108 Å². The van der Waals surface area contributed by atoms with Gasteiger partial charge in [-0.15, -0.1) is 0 Å². The van der Waals surface area contributed by atoms with Crippen LogP contribution in [0.15, 0.2) is 0 Å². The SMILES string of the molecule is CCCCCCCCOC(=O)CC(CC(=O)OCCCCCCCC)CC(=O)OCC1CC(CC)N1C(=O)OCCC. The van der Waals surface area contributed by atoms with Gasteiger partial charge in [-0.3, -0.25) is 19.3 Å². The summed E-state index contributed by atoms with van der Waals surface area (Å²) in [7, 11) is 0. The van der Waals surface area contributed by atoms with E-state index in [0.717, 1.165) is 57.8 Å². The smallest absolute Gasteiger partial charge is 0.410 e. The van der Waals surface area contributed by atoms with E-state index in [-0.39, 0.29) is 44.0 Å². The van der Waals surface area contributed by atoms with Gasteiger partial charge in [0.25, 0.3) is 0 Å². The molecule has 0 N–H and O–H groups in total. The fraction of sp³-hybridized carbons (Fsp3) is 0.879. The normalized spacial score (nSPS) is 16.2. The zero-order valence-electron chi connectivity index (χ0n) is 27.0. The molecule has 0 aromatic heterocycles. The molecule has 0 bridgehead atoms. The van der Waals surface area contributed by atoms with Crippen molar-refractivity contribution >= 4 is 24.0 Å². The Morgan fingerprint density at radius 2 is 1.05 bits per heavy atom. The van der Waals surface area contributed by atoms with Gasteiger partial charge in [0.1, 0.15) is 6.61 Å². The van der Waals surface area contributed by atoms with E-state index in [0.29, 0.717) is 19.8 Å². The average molecular weight is 598 g/mol. The first kappa shape index (κ1) is 37.7. The van der Waals surface area contributed by atoms with Crippen LogP contribution in [0.1, 0.15) is 143 Å². The summed E-state index contributed by atoms with van der Waals surface area (Å²) in [5, 5.41) is 0. The summed E-state index contributed by atoms with van der Waals surface area (Å²) in [4.78, 5) is 52.0. The van der Waals surface area contributed by atoms with Crippen molar-refractivity contribution in [2.24, 2.45) is 5.92 Å². The standard InChI is InChI=1S/C33H59NO8/c1-5-9-11-13-15-17-20-39-30(35)22-27(23-31(36)40-21-18-16-14-12-10-6-2)24-32(37)42-26-29-25-28(8-4)34(29)33(38)41-19-7-3/h27-29H,5-26H2,1-4H3. The summed E-state index contributed by atoms with van der Waals surface area (Å²) < 4.78 is 21.6. The van der Waals surface area contributed by atoms with E-state index in [1.807, 2.05) is 13.8 Å². The van der Waals surface area contributed by atoms with Crippen molar-refractivity contribution in [3.05, 3.63) is 0 Å². The average Bonchev–Trinajstić information content (AvgIpc) is 2.94. The van der Waals surface area contributed by atoms with Crippen LogP contribution < -0.4 is 0 Å². The minimum Gasteiger partial charge on any atom is -0.466 e. The number of ether oxygens (including phenoxy) is 4. The lowest BCUT2D eigenvalue weighted by molar-refractivity contribution is -0.152. The van der Waals surface area contributed by atoms with Crippen molar-refractivity contribution in [1.29, 1.82) is 0 Å². The highest BCUT2D eigenvalue weighted by Crippen LogP contribution is 2.29. The lowest BCUT2D eigenvalue weighted by atomic mass is 9.92. The van der Waals surface area contributed by atoms with Gasteiger partial charge in [-0.2, -0.15) is 0 Å². The maximum atomic E-state index is 12.8. The molecule has 0 aromatic carbocycles. The number of hydrogen-bond donors (Lipinski definition) is 0. The van der Waals surface area contributed by atoms with Crippen molar-refractivity contribution in [3.8, 4) is 0 Å². The lowest BCUT2D eigenvalue weighted by Gasteiger charge is -2.47. The Kier molecular flexibility index (Phi) is 21.7. The molecule has 1 fully saturated rings. The molecule has 1 aliphatic heterocycles. The lowest BCUT2D eigenvalue weighted by Crippen LogP contribution is -2.60. The second-order valence-corrected chi connectivity index (χ2v) is 11.6. The molecule has 0 radical (unpaired) electrons. The van der Waals surface area contributed by atoms with Crippen molar-refractivity contribution in [2.75, 3.05) is 26.4 Å². The Balaban J connectivity index is 2.56. The van der Waals surface area contributed by atoms with Crippen LogP contribution in [0, 0.1) is 5.92 Å². The molecule has 1 heterocycles.